The van der Waals surface area contributed by atoms with E-state index in [1.165, 1.54) is 32.4 Å². The Morgan fingerprint density at radius 1 is 1.19 bits per heavy atom. The van der Waals surface area contributed by atoms with Crippen molar-refractivity contribution in [2.75, 3.05) is 24.4 Å². The number of carbonyl (C=O) groups is 1. The molecule has 0 amide bonds. The van der Waals surface area contributed by atoms with E-state index >= 15 is 0 Å². The number of allylic oxidation sites excluding steroid dienone is 2. The molecule has 0 aromatic heterocycles. The maximum absolute atomic E-state index is 11.2. The minimum atomic E-state index is -0.338. The van der Waals surface area contributed by atoms with Crippen molar-refractivity contribution in [3.8, 4) is 0 Å². The topological polar surface area (TPSA) is 26.3 Å². The van der Waals surface area contributed by atoms with Gasteiger partial charge >= 0.3 is 5.97 Å². The Kier molecular flexibility index (Phi) is 13.6. The van der Waals surface area contributed by atoms with Crippen LogP contribution >= 0.6 is 37.9 Å². The molecule has 0 aliphatic heterocycles. The third kappa shape index (κ3) is 11.2. The monoisotopic (exact) mass is 348 g/mol. The van der Waals surface area contributed by atoms with Crippen molar-refractivity contribution in [1.82, 2.24) is 0 Å². The molecular weight excluding hydrogens is 320 g/mol. The molecule has 0 aliphatic carbocycles. The van der Waals surface area contributed by atoms with E-state index in [9.17, 15) is 4.79 Å². The van der Waals surface area contributed by atoms with Gasteiger partial charge in [-0.2, -0.15) is 37.9 Å². The fourth-order valence-corrected chi connectivity index (χ4v) is 2.61. The van der Waals surface area contributed by atoms with Gasteiger partial charge in [-0.15, -0.1) is 0 Å². The van der Waals surface area contributed by atoms with Crippen molar-refractivity contribution < 1.29 is 9.53 Å². The highest BCUT2D eigenvalue weighted by Crippen LogP contribution is 2.18. The highest BCUT2D eigenvalue weighted by molar-refractivity contribution is 7.80. The smallest absolute Gasteiger partial charge is 0.330 e. The van der Waals surface area contributed by atoms with Gasteiger partial charge in [0, 0.05) is 11.8 Å². The third-order valence-corrected chi connectivity index (χ3v) is 4.87. The van der Waals surface area contributed by atoms with Crippen LogP contribution in [-0.2, 0) is 9.53 Å². The molecule has 0 spiro atoms. The summed E-state index contributed by atoms with van der Waals surface area (Å²) >= 11 is 13.0. The van der Waals surface area contributed by atoms with Crippen molar-refractivity contribution >= 4 is 43.9 Å². The molecule has 21 heavy (non-hydrogen) atoms. The summed E-state index contributed by atoms with van der Waals surface area (Å²) in [6.45, 7) is 2.24. The first-order valence-corrected chi connectivity index (χ1v) is 9.24. The average Bonchev–Trinajstić information content (AvgIpc) is 2.51. The van der Waals surface area contributed by atoms with Gasteiger partial charge in [-0.1, -0.05) is 25.5 Å². The van der Waals surface area contributed by atoms with E-state index in [1.54, 1.807) is 0 Å². The van der Waals surface area contributed by atoms with Gasteiger partial charge in [0.1, 0.15) is 0 Å². The van der Waals surface area contributed by atoms with Crippen molar-refractivity contribution in [2.24, 2.45) is 11.8 Å². The Morgan fingerprint density at radius 3 is 2.43 bits per heavy atom. The Labute approximate surface area is 146 Å². The quantitative estimate of drug-likeness (QED) is 0.225. The number of carbonyl (C=O) groups excluding carboxylic acids is 1. The molecule has 122 valence electrons. The molecule has 0 saturated carbocycles. The fourth-order valence-electron chi connectivity index (χ4n) is 1.90. The zero-order valence-electron chi connectivity index (χ0n) is 13.0. The highest BCUT2D eigenvalue weighted by Gasteiger charge is 2.06. The first-order chi connectivity index (χ1) is 10.1. The van der Waals surface area contributed by atoms with Gasteiger partial charge in [0.25, 0.3) is 0 Å². The Bertz CT molecular complexity index is 340. The van der Waals surface area contributed by atoms with Crippen LogP contribution in [-0.4, -0.2) is 30.3 Å². The number of rotatable bonds is 11. The van der Waals surface area contributed by atoms with Crippen LogP contribution < -0.4 is 0 Å². The van der Waals surface area contributed by atoms with Gasteiger partial charge in [-0.3, -0.25) is 0 Å². The maximum Gasteiger partial charge on any atom is 0.330 e. The molecule has 5 heteroatoms. The SMILES string of the molecule is COC(=O)C=C(C=CCC(CS)CCCC(C)CS)CS. The molecule has 0 fully saturated rings. The Morgan fingerprint density at radius 2 is 1.90 bits per heavy atom. The van der Waals surface area contributed by atoms with Crippen LogP contribution in [0.3, 0.4) is 0 Å². The molecule has 0 bridgehead atoms. The molecule has 0 aliphatic rings. The molecular formula is C16H28O2S3. The largest absolute Gasteiger partial charge is 0.466 e. The molecule has 2 nitrogen and oxygen atoms in total. The summed E-state index contributed by atoms with van der Waals surface area (Å²) in [5, 5.41) is 0. The summed E-state index contributed by atoms with van der Waals surface area (Å²) in [6.07, 6.45) is 10.1. The van der Waals surface area contributed by atoms with E-state index in [-0.39, 0.29) is 5.97 Å². The van der Waals surface area contributed by atoms with Crippen molar-refractivity contribution in [1.29, 1.82) is 0 Å². The van der Waals surface area contributed by atoms with E-state index in [4.69, 9.17) is 0 Å². The van der Waals surface area contributed by atoms with Crippen LogP contribution in [0.5, 0.6) is 0 Å². The van der Waals surface area contributed by atoms with Gasteiger partial charge in [-0.25, -0.2) is 4.79 Å². The van der Waals surface area contributed by atoms with E-state index in [0.29, 0.717) is 17.6 Å². The second-order valence-electron chi connectivity index (χ2n) is 5.31. The summed E-state index contributed by atoms with van der Waals surface area (Å²) in [7, 11) is 1.38. The van der Waals surface area contributed by atoms with Crippen molar-refractivity contribution in [3.05, 3.63) is 23.8 Å². The molecule has 0 radical (unpaired) electrons. The number of methoxy groups -OCH3 is 1. The first kappa shape index (κ1) is 21.0. The minimum absolute atomic E-state index is 0.338. The summed E-state index contributed by atoms with van der Waals surface area (Å²) in [6, 6.07) is 0. The van der Waals surface area contributed by atoms with Crippen LogP contribution in [0, 0.1) is 11.8 Å². The number of hydrogen-bond acceptors (Lipinski definition) is 5. The number of thiol groups is 3. The van der Waals surface area contributed by atoms with E-state index in [2.05, 4.69) is 55.6 Å². The molecule has 2 unspecified atom stereocenters. The first-order valence-electron chi connectivity index (χ1n) is 7.34. The van der Waals surface area contributed by atoms with Crippen molar-refractivity contribution in [3.63, 3.8) is 0 Å². The molecule has 0 N–H and O–H groups in total. The summed E-state index contributed by atoms with van der Waals surface area (Å²) in [5.74, 6) is 3.29. The van der Waals surface area contributed by atoms with Crippen molar-refractivity contribution in [2.45, 2.75) is 32.6 Å². The fraction of sp³-hybridized carbons (Fsp3) is 0.688. The van der Waals surface area contributed by atoms with Gasteiger partial charge in [0.15, 0.2) is 0 Å². The normalized spacial score (nSPS) is 15.2. The predicted molar refractivity (Wildman–Crippen MR) is 102 cm³/mol. The molecule has 0 aromatic rings. The zero-order valence-corrected chi connectivity index (χ0v) is 15.7. The lowest BCUT2D eigenvalue weighted by Crippen LogP contribution is -2.03. The standard InChI is InChI=1S/C16H28O2S3/c1-13(10-19)5-3-6-14(11-20)7-4-8-15(12-21)9-16(17)18-2/h4,8-9,13-14,19-21H,3,5-7,10-12H2,1-2H3. The lowest BCUT2D eigenvalue weighted by atomic mass is 9.96. The van der Waals surface area contributed by atoms with Gasteiger partial charge in [0.05, 0.1) is 7.11 Å². The maximum atomic E-state index is 11.2. The minimum Gasteiger partial charge on any atom is -0.466 e. The van der Waals surface area contributed by atoms with Crippen LogP contribution in [0.15, 0.2) is 23.8 Å². The van der Waals surface area contributed by atoms with Crippen LogP contribution in [0.25, 0.3) is 0 Å². The zero-order chi connectivity index (χ0) is 16.1. The molecule has 0 heterocycles. The van der Waals surface area contributed by atoms with E-state index in [1.807, 2.05) is 6.08 Å². The number of esters is 1. The third-order valence-electron chi connectivity index (χ3n) is 3.37. The van der Waals surface area contributed by atoms with Gasteiger partial charge in [-0.05, 0) is 48.2 Å². The molecule has 0 saturated heterocycles. The highest BCUT2D eigenvalue weighted by atomic mass is 32.1. The average molecular weight is 349 g/mol. The second kappa shape index (κ2) is 13.6. The van der Waals surface area contributed by atoms with E-state index < -0.39 is 0 Å². The second-order valence-corrected chi connectivity index (χ2v) is 6.35. The van der Waals surface area contributed by atoms with Crippen LogP contribution in [0.1, 0.15) is 32.6 Å². The number of hydrogen-bond donors (Lipinski definition) is 3. The van der Waals surface area contributed by atoms with Gasteiger partial charge in [0.2, 0.25) is 0 Å². The van der Waals surface area contributed by atoms with Gasteiger partial charge < -0.3 is 4.74 Å². The van der Waals surface area contributed by atoms with Crippen LogP contribution in [0.2, 0.25) is 0 Å². The molecule has 0 rings (SSSR count). The summed E-state index contributed by atoms with van der Waals surface area (Å²) in [5.41, 5.74) is 0.867. The van der Waals surface area contributed by atoms with E-state index in [0.717, 1.165) is 23.5 Å². The van der Waals surface area contributed by atoms with Crippen LogP contribution in [0.4, 0.5) is 0 Å². The lowest BCUT2D eigenvalue weighted by Gasteiger charge is -2.13. The summed E-state index contributed by atoms with van der Waals surface area (Å²) < 4.78 is 4.62. The number of ether oxygens (including phenoxy) is 1. The predicted octanol–water partition coefficient (Wildman–Crippen LogP) is 4.24. The lowest BCUT2D eigenvalue weighted by molar-refractivity contribution is -0.134. The Balaban J connectivity index is 4.21. The molecule has 2 atom stereocenters. The Hall–Kier alpha value is -0.000000000000000111. The molecule has 0 aromatic carbocycles. The summed E-state index contributed by atoms with van der Waals surface area (Å²) in [4.78, 5) is 11.2.